The van der Waals surface area contributed by atoms with Gasteiger partial charge in [0.2, 0.25) is 0 Å². The van der Waals surface area contributed by atoms with Gasteiger partial charge < -0.3 is 20.9 Å². The van der Waals surface area contributed by atoms with E-state index in [1.807, 2.05) is 0 Å². The number of nitrogens with zero attached hydrogens (tertiary/aromatic N) is 5. The number of primary amides is 1. The largest absolute Gasteiger partial charge is 0.365 e. The van der Waals surface area contributed by atoms with E-state index in [1.54, 1.807) is 24.7 Å². The van der Waals surface area contributed by atoms with E-state index in [9.17, 15) is 4.79 Å². The molecular weight excluding hydrogens is 318 g/mol. The summed E-state index contributed by atoms with van der Waals surface area (Å²) in [7, 11) is 0. The summed E-state index contributed by atoms with van der Waals surface area (Å²) >= 11 is 0. The molecule has 3 N–H and O–H groups in total. The molecule has 0 atom stereocenters. The molecule has 0 unspecified atom stereocenters. The number of pyridine rings is 1. The van der Waals surface area contributed by atoms with E-state index in [0.29, 0.717) is 11.4 Å². The van der Waals surface area contributed by atoms with Crippen LogP contribution in [0.15, 0.2) is 24.7 Å². The van der Waals surface area contributed by atoms with E-state index in [4.69, 9.17) is 5.73 Å². The molecule has 25 heavy (non-hydrogen) atoms. The molecule has 8 nitrogen and oxygen atoms in total. The van der Waals surface area contributed by atoms with Crippen molar-refractivity contribution in [1.29, 1.82) is 0 Å². The first-order valence-electron chi connectivity index (χ1n) is 8.52. The van der Waals surface area contributed by atoms with Gasteiger partial charge in [0.15, 0.2) is 0 Å². The number of piperazine rings is 1. The zero-order valence-electron chi connectivity index (χ0n) is 14.0. The molecule has 0 aliphatic carbocycles. The third-order valence-electron chi connectivity index (χ3n) is 4.79. The Labute approximate surface area is 146 Å². The fourth-order valence-electron chi connectivity index (χ4n) is 3.51. The van der Waals surface area contributed by atoms with Crippen LogP contribution in [0.5, 0.6) is 0 Å². The molecule has 0 radical (unpaired) electrons. The van der Waals surface area contributed by atoms with Gasteiger partial charge >= 0.3 is 0 Å². The lowest BCUT2D eigenvalue weighted by atomic mass is 10.1. The highest BCUT2D eigenvalue weighted by molar-refractivity contribution is 5.97. The standard InChI is InChI=1S/C17H21N7O/c18-15(25)13-2-1-4-20-17(13)24-8-6-23(7-9-24)16-12-3-5-19-10-14(12)21-11-22-16/h1-2,4,11,19H,3,5-10H2,(H2,18,25). The van der Waals surface area contributed by atoms with Gasteiger partial charge in [0.25, 0.3) is 5.91 Å². The van der Waals surface area contributed by atoms with Crippen LogP contribution in [0.1, 0.15) is 21.6 Å². The second-order valence-corrected chi connectivity index (χ2v) is 6.26. The minimum atomic E-state index is -0.442. The monoisotopic (exact) mass is 339 g/mol. The zero-order valence-corrected chi connectivity index (χ0v) is 14.0. The molecular formula is C17H21N7O. The number of nitrogens with one attached hydrogen (secondary N) is 1. The average Bonchev–Trinajstić information content (AvgIpc) is 2.68. The van der Waals surface area contributed by atoms with Crippen LogP contribution in [-0.2, 0) is 13.0 Å². The van der Waals surface area contributed by atoms with Crippen molar-refractivity contribution in [2.45, 2.75) is 13.0 Å². The summed E-state index contributed by atoms with van der Waals surface area (Å²) in [6.45, 7) is 4.96. The van der Waals surface area contributed by atoms with Crippen molar-refractivity contribution in [1.82, 2.24) is 20.3 Å². The maximum absolute atomic E-state index is 11.6. The second-order valence-electron chi connectivity index (χ2n) is 6.26. The van der Waals surface area contributed by atoms with Crippen molar-refractivity contribution < 1.29 is 4.79 Å². The van der Waals surface area contributed by atoms with Gasteiger partial charge in [-0.15, -0.1) is 0 Å². The number of carbonyl (C=O) groups is 1. The number of anilines is 2. The fraction of sp³-hybridized carbons (Fsp3) is 0.412. The van der Waals surface area contributed by atoms with E-state index >= 15 is 0 Å². The Hall–Kier alpha value is -2.74. The molecule has 4 heterocycles. The SMILES string of the molecule is NC(=O)c1cccnc1N1CCN(c2ncnc3c2CCNC3)CC1. The summed E-state index contributed by atoms with van der Waals surface area (Å²) in [5, 5.41) is 3.35. The molecule has 0 aromatic carbocycles. The van der Waals surface area contributed by atoms with E-state index < -0.39 is 5.91 Å². The average molecular weight is 339 g/mol. The lowest BCUT2D eigenvalue weighted by molar-refractivity contribution is 0.100. The Morgan fingerprint density at radius 2 is 1.84 bits per heavy atom. The maximum Gasteiger partial charge on any atom is 0.252 e. The van der Waals surface area contributed by atoms with Crippen LogP contribution in [0.3, 0.4) is 0 Å². The molecule has 2 aromatic heterocycles. The van der Waals surface area contributed by atoms with Crippen LogP contribution < -0.4 is 20.9 Å². The third kappa shape index (κ3) is 3.00. The highest BCUT2D eigenvalue weighted by atomic mass is 16.1. The minimum Gasteiger partial charge on any atom is -0.365 e. The maximum atomic E-state index is 11.6. The molecule has 0 saturated carbocycles. The smallest absolute Gasteiger partial charge is 0.252 e. The Morgan fingerprint density at radius 3 is 2.60 bits per heavy atom. The molecule has 8 heteroatoms. The van der Waals surface area contributed by atoms with Gasteiger partial charge in [0.1, 0.15) is 18.0 Å². The lowest BCUT2D eigenvalue weighted by Crippen LogP contribution is -2.48. The molecule has 130 valence electrons. The zero-order chi connectivity index (χ0) is 17.2. The quantitative estimate of drug-likeness (QED) is 0.808. The molecule has 2 aliphatic heterocycles. The van der Waals surface area contributed by atoms with Crippen molar-refractivity contribution in [2.24, 2.45) is 5.73 Å². The van der Waals surface area contributed by atoms with Crippen LogP contribution in [0.4, 0.5) is 11.6 Å². The molecule has 0 spiro atoms. The number of fused-ring (bicyclic) bond motifs is 1. The molecule has 2 aromatic rings. The number of nitrogens with two attached hydrogens (primary N) is 1. The second kappa shape index (κ2) is 6.64. The first-order chi connectivity index (χ1) is 12.2. The van der Waals surface area contributed by atoms with Gasteiger partial charge in [-0.1, -0.05) is 0 Å². The van der Waals surface area contributed by atoms with Crippen LogP contribution in [0.25, 0.3) is 0 Å². The molecule has 2 aliphatic rings. The summed E-state index contributed by atoms with van der Waals surface area (Å²) < 4.78 is 0. The number of hydrogen-bond acceptors (Lipinski definition) is 7. The van der Waals surface area contributed by atoms with Crippen LogP contribution in [-0.4, -0.2) is 53.6 Å². The van der Waals surface area contributed by atoms with Crippen LogP contribution in [0.2, 0.25) is 0 Å². The van der Waals surface area contributed by atoms with Gasteiger partial charge in [-0.05, 0) is 25.1 Å². The normalized spacial score (nSPS) is 17.3. The number of aromatic nitrogens is 3. The van der Waals surface area contributed by atoms with Gasteiger partial charge in [-0.2, -0.15) is 0 Å². The molecule has 0 bridgehead atoms. The Kier molecular flexibility index (Phi) is 4.19. The van der Waals surface area contributed by atoms with Crippen LogP contribution in [0, 0.1) is 0 Å². The summed E-state index contributed by atoms with van der Waals surface area (Å²) in [5.74, 6) is 1.27. The highest BCUT2D eigenvalue weighted by Crippen LogP contribution is 2.25. The van der Waals surface area contributed by atoms with Gasteiger partial charge in [0, 0.05) is 44.5 Å². The molecule has 1 saturated heterocycles. The number of amides is 1. The van der Waals surface area contributed by atoms with Crippen molar-refractivity contribution in [3.8, 4) is 0 Å². The predicted molar refractivity (Wildman–Crippen MR) is 94.6 cm³/mol. The van der Waals surface area contributed by atoms with E-state index in [2.05, 4.69) is 30.1 Å². The number of hydrogen-bond donors (Lipinski definition) is 2. The van der Waals surface area contributed by atoms with Gasteiger partial charge in [-0.3, -0.25) is 4.79 Å². The van der Waals surface area contributed by atoms with Crippen molar-refractivity contribution >= 4 is 17.5 Å². The lowest BCUT2D eigenvalue weighted by Gasteiger charge is -2.37. The molecule has 4 rings (SSSR count). The third-order valence-corrected chi connectivity index (χ3v) is 4.79. The van der Waals surface area contributed by atoms with Gasteiger partial charge in [0.05, 0.1) is 11.3 Å². The van der Waals surface area contributed by atoms with Crippen molar-refractivity contribution in [3.05, 3.63) is 41.5 Å². The number of carbonyl (C=O) groups excluding carboxylic acids is 1. The summed E-state index contributed by atoms with van der Waals surface area (Å²) in [4.78, 5) is 29.3. The predicted octanol–water partition coefficient (Wildman–Crippen LogP) is -0.0572. The molecule has 1 amide bonds. The highest BCUT2D eigenvalue weighted by Gasteiger charge is 2.25. The van der Waals surface area contributed by atoms with E-state index in [-0.39, 0.29) is 0 Å². The van der Waals surface area contributed by atoms with E-state index in [0.717, 1.165) is 57.2 Å². The van der Waals surface area contributed by atoms with Gasteiger partial charge in [-0.25, -0.2) is 15.0 Å². The van der Waals surface area contributed by atoms with Crippen LogP contribution >= 0.6 is 0 Å². The van der Waals surface area contributed by atoms with E-state index in [1.165, 1.54) is 5.56 Å². The number of rotatable bonds is 3. The first-order valence-corrected chi connectivity index (χ1v) is 8.52. The summed E-state index contributed by atoms with van der Waals surface area (Å²) in [6, 6.07) is 3.46. The Bertz CT molecular complexity index is 786. The molecule has 1 fully saturated rings. The Balaban J connectivity index is 1.52. The summed E-state index contributed by atoms with van der Waals surface area (Å²) in [6.07, 6.45) is 4.30. The van der Waals surface area contributed by atoms with Crippen molar-refractivity contribution in [2.75, 3.05) is 42.5 Å². The fourth-order valence-corrected chi connectivity index (χ4v) is 3.51. The first kappa shape index (κ1) is 15.8. The summed E-state index contributed by atoms with van der Waals surface area (Å²) in [5.41, 5.74) is 8.30. The van der Waals surface area contributed by atoms with Crippen molar-refractivity contribution in [3.63, 3.8) is 0 Å². The minimum absolute atomic E-state index is 0.442. The Morgan fingerprint density at radius 1 is 1.08 bits per heavy atom. The topological polar surface area (TPSA) is 100 Å².